The minimum absolute atomic E-state index is 0.0367. The zero-order chi connectivity index (χ0) is 15.0. The van der Waals surface area contributed by atoms with Gasteiger partial charge in [-0.2, -0.15) is 4.31 Å². The molecule has 1 aromatic rings. The zero-order valence-electron chi connectivity index (χ0n) is 11.6. The molecule has 0 saturated heterocycles. The van der Waals surface area contributed by atoms with Crippen LogP contribution in [0.3, 0.4) is 0 Å². The van der Waals surface area contributed by atoms with Crippen molar-refractivity contribution in [1.29, 1.82) is 0 Å². The molecular weight excluding hydrogens is 280 g/mol. The van der Waals surface area contributed by atoms with E-state index in [2.05, 4.69) is 5.32 Å². The minimum Gasteiger partial charge on any atom is -0.395 e. The van der Waals surface area contributed by atoms with Gasteiger partial charge < -0.3 is 15.5 Å². The molecule has 0 aliphatic heterocycles. The Morgan fingerprint density at radius 3 is 2.30 bits per heavy atom. The summed E-state index contributed by atoms with van der Waals surface area (Å²) in [6.45, 7) is 2.02. The van der Waals surface area contributed by atoms with Gasteiger partial charge in [-0.3, -0.25) is 0 Å². The maximum Gasteiger partial charge on any atom is 0.245 e. The van der Waals surface area contributed by atoms with Crippen LogP contribution in [-0.4, -0.2) is 55.8 Å². The summed E-state index contributed by atoms with van der Waals surface area (Å²) in [7, 11) is -3.74. The second-order valence-electron chi connectivity index (χ2n) is 4.27. The molecule has 0 bridgehead atoms. The SMILES string of the molecule is CCCNc1ccccc1S(=O)(=O)N(CCO)CCO. The molecule has 0 aliphatic rings. The molecule has 0 unspecified atom stereocenters. The number of nitrogens with one attached hydrogen (secondary N) is 1. The van der Waals surface area contributed by atoms with E-state index in [-0.39, 0.29) is 31.2 Å². The average molecular weight is 302 g/mol. The summed E-state index contributed by atoms with van der Waals surface area (Å²) in [6.07, 6.45) is 0.880. The first kappa shape index (κ1) is 16.9. The molecule has 114 valence electrons. The van der Waals surface area contributed by atoms with Crippen molar-refractivity contribution in [3.63, 3.8) is 0 Å². The van der Waals surface area contributed by atoms with E-state index in [1.54, 1.807) is 18.2 Å². The van der Waals surface area contributed by atoms with Crippen molar-refractivity contribution in [2.45, 2.75) is 18.2 Å². The lowest BCUT2D eigenvalue weighted by Gasteiger charge is -2.22. The van der Waals surface area contributed by atoms with Crippen molar-refractivity contribution >= 4 is 15.7 Å². The molecule has 0 heterocycles. The van der Waals surface area contributed by atoms with Gasteiger partial charge in [0, 0.05) is 19.6 Å². The molecule has 20 heavy (non-hydrogen) atoms. The van der Waals surface area contributed by atoms with Crippen LogP contribution in [0, 0.1) is 0 Å². The van der Waals surface area contributed by atoms with E-state index in [4.69, 9.17) is 10.2 Å². The molecule has 0 aliphatic carbocycles. The molecule has 0 radical (unpaired) electrons. The Morgan fingerprint density at radius 1 is 1.15 bits per heavy atom. The van der Waals surface area contributed by atoms with Gasteiger partial charge in [0.1, 0.15) is 4.90 Å². The Bertz CT molecular complexity index is 499. The lowest BCUT2D eigenvalue weighted by molar-refractivity contribution is 0.217. The summed E-state index contributed by atoms with van der Waals surface area (Å²) in [5.74, 6) is 0. The Labute approximate surface area is 120 Å². The number of anilines is 1. The fourth-order valence-electron chi connectivity index (χ4n) is 1.81. The van der Waals surface area contributed by atoms with Crippen LogP contribution < -0.4 is 5.32 Å². The first-order valence-corrected chi connectivity index (χ1v) is 8.06. The van der Waals surface area contributed by atoms with Crippen LogP contribution in [0.2, 0.25) is 0 Å². The lowest BCUT2D eigenvalue weighted by Crippen LogP contribution is -2.36. The summed E-state index contributed by atoms with van der Waals surface area (Å²) in [6, 6.07) is 6.65. The highest BCUT2D eigenvalue weighted by Crippen LogP contribution is 2.24. The predicted molar refractivity (Wildman–Crippen MR) is 78.2 cm³/mol. The number of aliphatic hydroxyl groups is 2. The van der Waals surface area contributed by atoms with Crippen LogP contribution in [0.5, 0.6) is 0 Å². The molecule has 0 amide bonds. The number of hydrogen-bond acceptors (Lipinski definition) is 5. The number of sulfonamides is 1. The minimum atomic E-state index is -3.74. The summed E-state index contributed by atoms with van der Waals surface area (Å²) in [4.78, 5) is 0.162. The Hall–Kier alpha value is -1.15. The van der Waals surface area contributed by atoms with Crippen LogP contribution in [0.25, 0.3) is 0 Å². The zero-order valence-corrected chi connectivity index (χ0v) is 12.4. The third-order valence-corrected chi connectivity index (χ3v) is 4.73. The van der Waals surface area contributed by atoms with Crippen molar-refractivity contribution in [3.8, 4) is 0 Å². The van der Waals surface area contributed by atoms with Gasteiger partial charge in [-0.1, -0.05) is 19.1 Å². The van der Waals surface area contributed by atoms with E-state index >= 15 is 0 Å². The van der Waals surface area contributed by atoms with E-state index in [1.807, 2.05) is 6.92 Å². The second kappa shape index (κ2) is 8.21. The molecule has 0 aromatic heterocycles. The summed E-state index contributed by atoms with van der Waals surface area (Å²) in [5.41, 5.74) is 0.537. The quantitative estimate of drug-likeness (QED) is 0.617. The highest BCUT2D eigenvalue weighted by Gasteiger charge is 2.25. The molecule has 0 atom stereocenters. The number of nitrogens with zero attached hydrogens (tertiary/aromatic N) is 1. The topological polar surface area (TPSA) is 89.9 Å². The van der Waals surface area contributed by atoms with Gasteiger partial charge in [-0.25, -0.2) is 8.42 Å². The molecule has 1 aromatic carbocycles. The normalized spacial score (nSPS) is 11.8. The van der Waals surface area contributed by atoms with Crippen LogP contribution >= 0.6 is 0 Å². The lowest BCUT2D eigenvalue weighted by atomic mass is 10.3. The molecular formula is C13H22N2O4S. The monoisotopic (exact) mass is 302 g/mol. The van der Waals surface area contributed by atoms with Crippen molar-refractivity contribution in [2.75, 3.05) is 38.2 Å². The summed E-state index contributed by atoms with van der Waals surface area (Å²) in [5, 5.41) is 21.0. The van der Waals surface area contributed by atoms with Crippen molar-refractivity contribution in [3.05, 3.63) is 24.3 Å². The number of para-hydroxylation sites is 1. The standard InChI is InChI=1S/C13H22N2O4S/c1-2-7-14-12-5-3-4-6-13(12)20(18,19)15(8-10-16)9-11-17/h3-6,14,16-17H,2,7-11H2,1H3. The number of benzene rings is 1. The molecule has 0 fully saturated rings. The van der Waals surface area contributed by atoms with Crippen molar-refractivity contribution in [1.82, 2.24) is 4.31 Å². The van der Waals surface area contributed by atoms with Gasteiger partial charge in [0.2, 0.25) is 10.0 Å². The maximum absolute atomic E-state index is 12.6. The third kappa shape index (κ3) is 4.17. The molecule has 7 heteroatoms. The molecule has 0 saturated carbocycles. The fraction of sp³-hybridized carbons (Fsp3) is 0.538. The largest absolute Gasteiger partial charge is 0.395 e. The van der Waals surface area contributed by atoms with Gasteiger partial charge in [0.15, 0.2) is 0 Å². The van der Waals surface area contributed by atoms with E-state index in [1.165, 1.54) is 6.07 Å². The number of aliphatic hydroxyl groups excluding tert-OH is 2. The summed E-state index contributed by atoms with van der Waals surface area (Å²) < 4.78 is 26.2. The molecule has 6 nitrogen and oxygen atoms in total. The fourth-order valence-corrected chi connectivity index (χ4v) is 3.40. The molecule has 1 rings (SSSR count). The molecule has 0 spiro atoms. The van der Waals surface area contributed by atoms with Crippen LogP contribution in [0.1, 0.15) is 13.3 Å². The van der Waals surface area contributed by atoms with Gasteiger partial charge in [-0.15, -0.1) is 0 Å². The van der Waals surface area contributed by atoms with Gasteiger partial charge in [0.05, 0.1) is 18.9 Å². The Balaban J connectivity index is 3.12. The van der Waals surface area contributed by atoms with Crippen LogP contribution in [0.4, 0.5) is 5.69 Å². The smallest absolute Gasteiger partial charge is 0.245 e. The average Bonchev–Trinajstić information content (AvgIpc) is 2.45. The highest BCUT2D eigenvalue weighted by molar-refractivity contribution is 7.89. The first-order valence-electron chi connectivity index (χ1n) is 6.62. The van der Waals surface area contributed by atoms with E-state index in [9.17, 15) is 8.42 Å². The maximum atomic E-state index is 12.6. The third-order valence-electron chi connectivity index (χ3n) is 2.77. The van der Waals surface area contributed by atoms with Gasteiger partial charge >= 0.3 is 0 Å². The first-order chi connectivity index (χ1) is 9.57. The van der Waals surface area contributed by atoms with Gasteiger partial charge in [-0.05, 0) is 18.6 Å². The van der Waals surface area contributed by atoms with E-state index in [0.717, 1.165) is 10.7 Å². The number of hydrogen-bond donors (Lipinski definition) is 3. The van der Waals surface area contributed by atoms with Crippen LogP contribution in [0.15, 0.2) is 29.2 Å². The summed E-state index contributed by atoms with van der Waals surface area (Å²) >= 11 is 0. The second-order valence-corrected chi connectivity index (χ2v) is 6.18. The highest BCUT2D eigenvalue weighted by atomic mass is 32.2. The predicted octanol–water partition coefficient (Wildman–Crippen LogP) is 0.484. The molecule has 3 N–H and O–H groups in total. The number of rotatable bonds is 9. The Kier molecular flexibility index (Phi) is 6.94. The van der Waals surface area contributed by atoms with Crippen molar-refractivity contribution in [2.24, 2.45) is 0 Å². The Morgan fingerprint density at radius 2 is 1.75 bits per heavy atom. The van der Waals surface area contributed by atoms with E-state index < -0.39 is 10.0 Å². The van der Waals surface area contributed by atoms with Crippen LogP contribution in [-0.2, 0) is 10.0 Å². The van der Waals surface area contributed by atoms with E-state index in [0.29, 0.717) is 12.2 Å². The van der Waals surface area contributed by atoms with Crippen molar-refractivity contribution < 1.29 is 18.6 Å². The van der Waals surface area contributed by atoms with Gasteiger partial charge in [0.25, 0.3) is 0 Å².